The van der Waals surface area contributed by atoms with Gasteiger partial charge in [-0.3, -0.25) is 9.59 Å². The van der Waals surface area contributed by atoms with Crippen LogP contribution < -0.4 is 20.3 Å². The van der Waals surface area contributed by atoms with Gasteiger partial charge in [0.15, 0.2) is 0 Å². The molecule has 0 spiro atoms. The van der Waals surface area contributed by atoms with Gasteiger partial charge in [-0.1, -0.05) is 6.07 Å². The zero-order valence-corrected chi connectivity index (χ0v) is 20.0. The number of rotatable bonds is 6. The second-order valence-electron chi connectivity index (χ2n) is 8.12. The predicted octanol–water partition coefficient (Wildman–Crippen LogP) is 4.11. The molecule has 0 radical (unpaired) electrons. The molecule has 1 aliphatic rings. The van der Waals surface area contributed by atoms with Gasteiger partial charge in [-0.2, -0.15) is 0 Å². The molecule has 1 fully saturated rings. The molecule has 1 saturated heterocycles. The molecule has 9 heteroatoms. The normalized spacial score (nSPS) is 14.4. The Morgan fingerprint density at radius 1 is 0.941 bits per heavy atom. The van der Waals surface area contributed by atoms with Crippen molar-refractivity contribution >= 4 is 39.5 Å². The van der Waals surface area contributed by atoms with Gasteiger partial charge < -0.3 is 30.3 Å². The van der Waals surface area contributed by atoms with Gasteiger partial charge in [0, 0.05) is 25.3 Å². The molecule has 178 valence electrons. The Bertz CT molecular complexity index is 1160. The van der Waals surface area contributed by atoms with Crippen molar-refractivity contribution in [1.29, 1.82) is 0 Å². The van der Waals surface area contributed by atoms with Crippen LogP contribution >= 0.6 is 11.3 Å². The summed E-state index contributed by atoms with van der Waals surface area (Å²) in [6, 6.07) is 15.2. The van der Waals surface area contributed by atoms with E-state index in [1.807, 2.05) is 6.07 Å². The monoisotopic (exact) mass is 480 g/mol. The van der Waals surface area contributed by atoms with E-state index in [0.717, 1.165) is 37.6 Å². The summed E-state index contributed by atoms with van der Waals surface area (Å²) in [5, 5.41) is 17.0. The molecule has 34 heavy (non-hydrogen) atoms. The molecule has 4 rings (SSSR count). The summed E-state index contributed by atoms with van der Waals surface area (Å²) in [7, 11) is 3.68. The van der Waals surface area contributed by atoms with Crippen molar-refractivity contribution in [3.63, 3.8) is 0 Å². The molecule has 2 amide bonds. The van der Waals surface area contributed by atoms with E-state index in [1.54, 1.807) is 49.6 Å². The van der Waals surface area contributed by atoms with Gasteiger partial charge in [0.1, 0.15) is 11.5 Å². The Labute approximate surface area is 202 Å². The Balaban J connectivity index is 1.49. The molecule has 2 heterocycles. The van der Waals surface area contributed by atoms with Crippen molar-refractivity contribution in [3.05, 3.63) is 65.0 Å². The zero-order chi connectivity index (χ0) is 24.1. The largest absolute Gasteiger partial charge is 0.506 e. The predicted molar refractivity (Wildman–Crippen MR) is 136 cm³/mol. The summed E-state index contributed by atoms with van der Waals surface area (Å²) >= 11 is 1.40. The Kier molecular flexibility index (Phi) is 7.34. The molecular formula is C25H28N4O4S. The molecule has 2 aromatic carbocycles. The van der Waals surface area contributed by atoms with Gasteiger partial charge in [-0.05, 0) is 68.5 Å². The van der Waals surface area contributed by atoms with Crippen LogP contribution in [-0.4, -0.2) is 62.2 Å². The lowest BCUT2D eigenvalue weighted by molar-refractivity contribution is 0.102. The second kappa shape index (κ2) is 10.6. The molecule has 0 atom stereocenters. The van der Waals surface area contributed by atoms with E-state index in [9.17, 15) is 14.7 Å². The minimum Gasteiger partial charge on any atom is -0.506 e. The molecule has 0 bridgehead atoms. The van der Waals surface area contributed by atoms with Crippen LogP contribution in [0.4, 0.5) is 16.4 Å². The SMILES string of the molecule is COc1ccc(NC(=O)c2cccc(O)c2NC(=O)c2ccc(N3CCCN(C)CC3)s2)cc1. The lowest BCUT2D eigenvalue weighted by atomic mass is 10.1. The van der Waals surface area contributed by atoms with Gasteiger partial charge >= 0.3 is 0 Å². The number of methoxy groups -OCH3 is 1. The molecular weight excluding hydrogens is 452 g/mol. The van der Waals surface area contributed by atoms with E-state index >= 15 is 0 Å². The number of carbonyl (C=O) groups excluding carboxylic acids is 2. The number of phenols is 1. The molecule has 3 aromatic rings. The van der Waals surface area contributed by atoms with Gasteiger partial charge in [0.25, 0.3) is 11.8 Å². The number of thiophene rings is 1. The van der Waals surface area contributed by atoms with Crippen molar-refractivity contribution in [1.82, 2.24) is 4.90 Å². The number of benzene rings is 2. The summed E-state index contributed by atoms with van der Waals surface area (Å²) in [4.78, 5) is 31.0. The van der Waals surface area contributed by atoms with Crippen LogP contribution in [0.2, 0.25) is 0 Å². The summed E-state index contributed by atoms with van der Waals surface area (Å²) in [6.45, 7) is 3.89. The summed E-state index contributed by atoms with van der Waals surface area (Å²) < 4.78 is 5.13. The first-order valence-corrected chi connectivity index (χ1v) is 11.9. The molecule has 8 nitrogen and oxygen atoms in total. The number of hydrogen-bond donors (Lipinski definition) is 3. The third kappa shape index (κ3) is 5.49. The fourth-order valence-electron chi connectivity index (χ4n) is 3.80. The number of para-hydroxylation sites is 1. The third-order valence-corrected chi connectivity index (χ3v) is 6.87. The number of amides is 2. The maximum atomic E-state index is 13.0. The fraction of sp³-hybridized carbons (Fsp3) is 0.280. The van der Waals surface area contributed by atoms with Crippen molar-refractivity contribution in [2.45, 2.75) is 6.42 Å². The number of hydrogen-bond acceptors (Lipinski definition) is 7. The van der Waals surface area contributed by atoms with E-state index in [1.165, 1.54) is 17.4 Å². The van der Waals surface area contributed by atoms with Crippen LogP contribution in [0.1, 0.15) is 26.5 Å². The first-order chi connectivity index (χ1) is 16.4. The molecule has 0 aliphatic carbocycles. The smallest absolute Gasteiger partial charge is 0.265 e. The number of anilines is 3. The maximum absolute atomic E-state index is 13.0. The summed E-state index contributed by atoms with van der Waals surface area (Å²) in [6.07, 6.45) is 1.07. The number of carbonyl (C=O) groups is 2. The van der Waals surface area contributed by atoms with Crippen LogP contribution in [0.3, 0.4) is 0 Å². The van der Waals surface area contributed by atoms with Crippen LogP contribution in [0.15, 0.2) is 54.6 Å². The van der Waals surface area contributed by atoms with E-state index in [-0.39, 0.29) is 22.9 Å². The van der Waals surface area contributed by atoms with E-state index in [0.29, 0.717) is 16.3 Å². The minimum absolute atomic E-state index is 0.0739. The maximum Gasteiger partial charge on any atom is 0.265 e. The number of aromatic hydroxyl groups is 1. The third-order valence-electron chi connectivity index (χ3n) is 5.72. The number of ether oxygens (including phenoxy) is 1. The van der Waals surface area contributed by atoms with Crippen molar-refractivity contribution < 1.29 is 19.4 Å². The average molecular weight is 481 g/mol. The highest BCUT2D eigenvalue weighted by Gasteiger charge is 2.20. The molecule has 1 aromatic heterocycles. The Morgan fingerprint density at radius 2 is 1.74 bits per heavy atom. The standard InChI is InChI=1S/C25H28N4O4S/c1-28-13-4-14-29(16-15-28)22-12-11-21(34-22)25(32)27-23-19(5-3-6-20(23)30)24(31)26-17-7-9-18(33-2)10-8-17/h3,5-12,30H,4,13-16H2,1-2H3,(H,26,31)(H,27,32). The first kappa shape index (κ1) is 23.6. The van der Waals surface area contributed by atoms with Crippen LogP contribution in [-0.2, 0) is 0 Å². The van der Waals surface area contributed by atoms with Gasteiger partial charge in [0.05, 0.1) is 28.2 Å². The van der Waals surface area contributed by atoms with Crippen LogP contribution in [0.5, 0.6) is 11.5 Å². The minimum atomic E-state index is -0.447. The van der Waals surface area contributed by atoms with E-state index < -0.39 is 5.91 Å². The molecule has 1 aliphatic heterocycles. The lowest BCUT2D eigenvalue weighted by Crippen LogP contribution is -2.28. The molecule has 0 unspecified atom stereocenters. The highest BCUT2D eigenvalue weighted by atomic mass is 32.1. The second-order valence-corrected chi connectivity index (χ2v) is 9.18. The molecule has 0 saturated carbocycles. The van der Waals surface area contributed by atoms with Crippen molar-refractivity contribution in [2.75, 3.05) is 55.9 Å². The Hall–Kier alpha value is -3.56. The highest BCUT2D eigenvalue weighted by molar-refractivity contribution is 7.18. The number of phenolic OH excluding ortho intramolecular Hbond substituents is 1. The average Bonchev–Trinajstić information content (AvgIpc) is 3.23. The quantitative estimate of drug-likeness (QED) is 0.460. The highest BCUT2D eigenvalue weighted by Crippen LogP contribution is 2.31. The van der Waals surface area contributed by atoms with Crippen LogP contribution in [0, 0.1) is 0 Å². The number of nitrogens with zero attached hydrogens (tertiary/aromatic N) is 2. The summed E-state index contributed by atoms with van der Waals surface area (Å²) in [5.74, 6) is -0.325. The fourth-order valence-corrected chi connectivity index (χ4v) is 4.75. The first-order valence-electron chi connectivity index (χ1n) is 11.1. The van der Waals surface area contributed by atoms with E-state index in [2.05, 4.69) is 27.5 Å². The van der Waals surface area contributed by atoms with Gasteiger partial charge in [-0.25, -0.2) is 0 Å². The Morgan fingerprint density at radius 3 is 2.50 bits per heavy atom. The van der Waals surface area contributed by atoms with Crippen LogP contribution in [0.25, 0.3) is 0 Å². The number of nitrogens with one attached hydrogen (secondary N) is 2. The van der Waals surface area contributed by atoms with Gasteiger partial charge in [0.2, 0.25) is 0 Å². The topological polar surface area (TPSA) is 94.1 Å². The summed E-state index contributed by atoms with van der Waals surface area (Å²) in [5.41, 5.74) is 0.804. The molecule has 3 N–H and O–H groups in total. The van der Waals surface area contributed by atoms with Crippen molar-refractivity contribution in [3.8, 4) is 11.5 Å². The van der Waals surface area contributed by atoms with Gasteiger partial charge in [-0.15, -0.1) is 11.3 Å². The lowest BCUT2D eigenvalue weighted by Gasteiger charge is -2.20. The van der Waals surface area contributed by atoms with Crippen molar-refractivity contribution in [2.24, 2.45) is 0 Å². The zero-order valence-electron chi connectivity index (χ0n) is 19.2. The van der Waals surface area contributed by atoms with E-state index in [4.69, 9.17) is 4.74 Å². The number of likely N-dealkylation sites (N-methyl/N-ethyl adjacent to an activating group) is 1.